The van der Waals surface area contributed by atoms with Crippen LogP contribution in [-0.4, -0.2) is 21.0 Å². The Morgan fingerprint density at radius 2 is 1.92 bits per heavy atom. The summed E-state index contributed by atoms with van der Waals surface area (Å²) in [7, 11) is 0. The summed E-state index contributed by atoms with van der Waals surface area (Å²) in [5.41, 5.74) is 3.79. The molecule has 1 aromatic carbocycles. The second kappa shape index (κ2) is 6.51. The summed E-state index contributed by atoms with van der Waals surface area (Å²) in [6.45, 7) is 4.89. The third kappa shape index (κ3) is 3.18. The van der Waals surface area contributed by atoms with E-state index in [-0.39, 0.29) is 0 Å². The zero-order valence-electron chi connectivity index (χ0n) is 14.5. The van der Waals surface area contributed by atoms with Crippen molar-refractivity contribution in [1.82, 2.24) is 15.0 Å². The van der Waals surface area contributed by atoms with Crippen LogP contribution in [0.4, 0.5) is 17.3 Å². The molecule has 0 spiro atoms. The lowest BCUT2D eigenvalue weighted by Crippen LogP contribution is -2.25. The summed E-state index contributed by atoms with van der Waals surface area (Å²) in [6, 6.07) is 15.0. The standard InChI is InChI=1S/C20H21N5/c1-14-11-17-5-3-4-6-18(17)25(14)20-12-19(23-15(2)24-20)22-13-16-7-9-21-10-8-16/h3-10,12,14H,11,13H2,1-2H3,(H,22,23,24). The first kappa shape index (κ1) is 15.6. The minimum atomic E-state index is 0.389. The molecule has 1 aliphatic heterocycles. The molecule has 5 nitrogen and oxygen atoms in total. The van der Waals surface area contributed by atoms with Gasteiger partial charge in [0.2, 0.25) is 0 Å². The van der Waals surface area contributed by atoms with Crippen LogP contribution in [0.25, 0.3) is 0 Å². The van der Waals surface area contributed by atoms with Gasteiger partial charge in [-0.2, -0.15) is 0 Å². The van der Waals surface area contributed by atoms with Gasteiger partial charge in [0, 0.05) is 36.7 Å². The van der Waals surface area contributed by atoms with E-state index in [1.165, 1.54) is 16.8 Å². The fraction of sp³-hybridized carbons (Fsp3) is 0.250. The molecule has 126 valence electrons. The van der Waals surface area contributed by atoms with E-state index >= 15 is 0 Å². The van der Waals surface area contributed by atoms with Gasteiger partial charge in [-0.1, -0.05) is 18.2 Å². The molecule has 1 unspecified atom stereocenters. The predicted octanol–water partition coefficient (Wildman–Crippen LogP) is 3.87. The molecule has 0 amide bonds. The molecule has 0 saturated heterocycles. The van der Waals surface area contributed by atoms with Crippen molar-refractivity contribution in [3.05, 3.63) is 71.8 Å². The van der Waals surface area contributed by atoms with E-state index in [0.717, 1.165) is 23.9 Å². The molecule has 0 saturated carbocycles. The molecule has 5 heteroatoms. The van der Waals surface area contributed by atoms with Gasteiger partial charge in [-0.15, -0.1) is 0 Å². The number of para-hydroxylation sites is 1. The van der Waals surface area contributed by atoms with Crippen LogP contribution in [0.1, 0.15) is 23.9 Å². The van der Waals surface area contributed by atoms with Crippen LogP contribution in [0.3, 0.4) is 0 Å². The first-order chi connectivity index (χ1) is 12.2. The summed E-state index contributed by atoms with van der Waals surface area (Å²) in [5, 5.41) is 3.40. The molecule has 25 heavy (non-hydrogen) atoms. The third-order valence-electron chi connectivity index (χ3n) is 4.50. The number of nitrogens with one attached hydrogen (secondary N) is 1. The third-order valence-corrected chi connectivity index (χ3v) is 4.50. The fourth-order valence-corrected chi connectivity index (χ4v) is 3.37. The summed E-state index contributed by atoms with van der Waals surface area (Å²) in [5.74, 6) is 2.56. The molecule has 3 aromatic rings. The largest absolute Gasteiger partial charge is 0.366 e. The molecule has 1 aliphatic rings. The Kier molecular flexibility index (Phi) is 4.06. The van der Waals surface area contributed by atoms with Crippen LogP contribution >= 0.6 is 0 Å². The Morgan fingerprint density at radius 1 is 1.12 bits per heavy atom. The maximum absolute atomic E-state index is 4.68. The summed E-state index contributed by atoms with van der Waals surface area (Å²) < 4.78 is 0. The molecule has 0 aliphatic carbocycles. The van der Waals surface area contributed by atoms with Crippen molar-refractivity contribution in [3.8, 4) is 0 Å². The first-order valence-electron chi connectivity index (χ1n) is 8.56. The van der Waals surface area contributed by atoms with E-state index in [9.17, 15) is 0 Å². The molecule has 1 atom stereocenters. The SMILES string of the molecule is Cc1nc(NCc2ccncc2)cc(N2c3ccccc3CC2C)n1. The number of benzene rings is 1. The molecular weight excluding hydrogens is 310 g/mol. The molecule has 0 bridgehead atoms. The van der Waals surface area contributed by atoms with E-state index in [1.54, 1.807) is 12.4 Å². The number of rotatable bonds is 4. The fourth-order valence-electron chi connectivity index (χ4n) is 3.37. The highest BCUT2D eigenvalue weighted by Gasteiger charge is 2.28. The minimum absolute atomic E-state index is 0.389. The highest BCUT2D eigenvalue weighted by Crippen LogP contribution is 2.37. The lowest BCUT2D eigenvalue weighted by molar-refractivity contribution is 0.747. The van der Waals surface area contributed by atoms with Gasteiger partial charge in [0.15, 0.2) is 0 Å². The quantitative estimate of drug-likeness (QED) is 0.786. The Bertz CT molecular complexity index is 878. The normalized spacial score (nSPS) is 15.9. The lowest BCUT2D eigenvalue weighted by atomic mass is 10.1. The zero-order chi connectivity index (χ0) is 17.2. The van der Waals surface area contributed by atoms with E-state index in [0.29, 0.717) is 12.6 Å². The van der Waals surface area contributed by atoms with Gasteiger partial charge in [-0.05, 0) is 49.6 Å². The van der Waals surface area contributed by atoms with Crippen LogP contribution in [0.15, 0.2) is 54.9 Å². The molecule has 3 heterocycles. The van der Waals surface area contributed by atoms with Crippen molar-refractivity contribution in [2.24, 2.45) is 0 Å². The van der Waals surface area contributed by atoms with Crippen molar-refractivity contribution < 1.29 is 0 Å². The molecule has 0 fully saturated rings. The summed E-state index contributed by atoms with van der Waals surface area (Å²) >= 11 is 0. The second-order valence-electron chi connectivity index (χ2n) is 6.42. The molecule has 2 aromatic heterocycles. The van der Waals surface area contributed by atoms with Gasteiger partial charge in [0.1, 0.15) is 17.5 Å². The second-order valence-corrected chi connectivity index (χ2v) is 6.42. The lowest BCUT2D eigenvalue weighted by Gasteiger charge is -2.24. The van der Waals surface area contributed by atoms with Crippen molar-refractivity contribution in [2.75, 3.05) is 10.2 Å². The van der Waals surface area contributed by atoms with Gasteiger partial charge in [-0.25, -0.2) is 9.97 Å². The summed E-state index contributed by atoms with van der Waals surface area (Å²) in [6.07, 6.45) is 4.64. The van der Waals surface area contributed by atoms with E-state index < -0.39 is 0 Å². The van der Waals surface area contributed by atoms with Gasteiger partial charge in [-0.3, -0.25) is 4.98 Å². The first-order valence-corrected chi connectivity index (χ1v) is 8.56. The molecule has 0 radical (unpaired) electrons. The maximum Gasteiger partial charge on any atom is 0.139 e. The highest BCUT2D eigenvalue weighted by atomic mass is 15.2. The van der Waals surface area contributed by atoms with Crippen molar-refractivity contribution in [2.45, 2.75) is 32.9 Å². The molecule has 1 N–H and O–H groups in total. The molecule has 4 rings (SSSR count). The number of pyridine rings is 1. The van der Waals surface area contributed by atoms with Gasteiger partial charge < -0.3 is 10.2 Å². The van der Waals surface area contributed by atoms with Gasteiger partial charge in [0.05, 0.1) is 0 Å². The monoisotopic (exact) mass is 331 g/mol. The smallest absolute Gasteiger partial charge is 0.139 e. The van der Waals surface area contributed by atoms with E-state index in [4.69, 9.17) is 0 Å². The number of hydrogen-bond acceptors (Lipinski definition) is 5. The van der Waals surface area contributed by atoms with Crippen LogP contribution in [0, 0.1) is 6.92 Å². The van der Waals surface area contributed by atoms with Crippen molar-refractivity contribution in [1.29, 1.82) is 0 Å². The highest BCUT2D eigenvalue weighted by molar-refractivity contribution is 5.70. The Hall–Kier alpha value is -2.95. The number of anilines is 3. The van der Waals surface area contributed by atoms with Crippen LogP contribution < -0.4 is 10.2 Å². The number of fused-ring (bicyclic) bond motifs is 1. The van der Waals surface area contributed by atoms with E-state index in [2.05, 4.69) is 56.4 Å². The molecular formula is C20H21N5. The topological polar surface area (TPSA) is 53.9 Å². The van der Waals surface area contributed by atoms with Crippen LogP contribution in [0.5, 0.6) is 0 Å². The van der Waals surface area contributed by atoms with Crippen molar-refractivity contribution in [3.63, 3.8) is 0 Å². The van der Waals surface area contributed by atoms with Crippen LogP contribution in [0.2, 0.25) is 0 Å². The average Bonchev–Trinajstić information content (AvgIpc) is 2.96. The van der Waals surface area contributed by atoms with Crippen molar-refractivity contribution >= 4 is 17.3 Å². The predicted molar refractivity (Wildman–Crippen MR) is 100 cm³/mol. The minimum Gasteiger partial charge on any atom is -0.366 e. The number of aromatic nitrogens is 3. The average molecular weight is 331 g/mol. The van der Waals surface area contributed by atoms with E-state index in [1.807, 2.05) is 25.1 Å². The maximum atomic E-state index is 4.68. The van der Waals surface area contributed by atoms with Crippen LogP contribution in [-0.2, 0) is 13.0 Å². The Labute approximate surface area is 147 Å². The van der Waals surface area contributed by atoms with Gasteiger partial charge in [0.25, 0.3) is 0 Å². The Balaban J connectivity index is 1.62. The number of aryl methyl sites for hydroxylation is 1. The number of hydrogen-bond donors (Lipinski definition) is 1. The number of nitrogens with zero attached hydrogens (tertiary/aromatic N) is 4. The zero-order valence-corrected chi connectivity index (χ0v) is 14.5. The van der Waals surface area contributed by atoms with Gasteiger partial charge >= 0.3 is 0 Å². The Morgan fingerprint density at radius 3 is 2.76 bits per heavy atom. The summed E-state index contributed by atoms with van der Waals surface area (Å²) in [4.78, 5) is 15.6.